The molecule has 3 rings (SSSR count). The van der Waals surface area contributed by atoms with Gasteiger partial charge >= 0.3 is 0 Å². The SMILES string of the molecule is COc1ccc(CSc2nc3ccccc3o2)cc1Br. The van der Waals surface area contributed by atoms with Gasteiger partial charge in [-0.05, 0) is 45.8 Å². The zero-order valence-electron chi connectivity index (χ0n) is 10.8. The van der Waals surface area contributed by atoms with E-state index in [4.69, 9.17) is 9.15 Å². The van der Waals surface area contributed by atoms with Crippen molar-refractivity contribution in [3.05, 3.63) is 52.5 Å². The lowest BCUT2D eigenvalue weighted by atomic mass is 10.2. The van der Waals surface area contributed by atoms with Crippen LogP contribution in [0, 0.1) is 0 Å². The van der Waals surface area contributed by atoms with Crippen LogP contribution in [-0.2, 0) is 5.75 Å². The van der Waals surface area contributed by atoms with Gasteiger partial charge in [0, 0.05) is 5.75 Å². The van der Waals surface area contributed by atoms with Gasteiger partial charge in [0.25, 0.3) is 5.22 Å². The van der Waals surface area contributed by atoms with Crippen LogP contribution in [0.25, 0.3) is 11.1 Å². The van der Waals surface area contributed by atoms with Crippen LogP contribution < -0.4 is 4.74 Å². The van der Waals surface area contributed by atoms with Crippen molar-refractivity contribution in [2.24, 2.45) is 0 Å². The summed E-state index contributed by atoms with van der Waals surface area (Å²) in [7, 11) is 1.66. The monoisotopic (exact) mass is 349 g/mol. The third kappa shape index (κ3) is 2.83. The fourth-order valence-corrected chi connectivity index (χ4v) is 3.23. The van der Waals surface area contributed by atoms with E-state index in [-0.39, 0.29) is 0 Å². The van der Waals surface area contributed by atoms with Crippen molar-refractivity contribution in [2.45, 2.75) is 11.0 Å². The van der Waals surface area contributed by atoms with Crippen LogP contribution >= 0.6 is 27.7 Å². The Kier molecular flexibility index (Phi) is 3.98. The first kappa shape index (κ1) is 13.5. The number of rotatable bonds is 4. The molecule has 0 saturated heterocycles. The molecule has 0 unspecified atom stereocenters. The number of thioether (sulfide) groups is 1. The average Bonchev–Trinajstić information content (AvgIpc) is 2.88. The summed E-state index contributed by atoms with van der Waals surface area (Å²) in [6.07, 6.45) is 0. The van der Waals surface area contributed by atoms with E-state index < -0.39 is 0 Å². The molecule has 0 radical (unpaired) electrons. The first-order valence-electron chi connectivity index (χ1n) is 6.07. The van der Waals surface area contributed by atoms with Crippen molar-refractivity contribution in [1.82, 2.24) is 4.98 Å². The van der Waals surface area contributed by atoms with Crippen LogP contribution in [0.3, 0.4) is 0 Å². The Labute approximate surface area is 129 Å². The summed E-state index contributed by atoms with van der Waals surface area (Å²) in [5, 5.41) is 0.693. The fraction of sp³-hybridized carbons (Fsp3) is 0.133. The molecular formula is C15H12BrNO2S. The summed E-state index contributed by atoms with van der Waals surface area (Å²) >= 11 is 5.07. The third-order valence-electron chi connectivity index (χ3n) is 2.85. The van der Waals surface area contributed by atoms with Crippen LogP contribution in [0.4, 0.5) is 0 Å². The van der Waals surface area contributed by atoms with E-state index >= 15 is 0 Å². The quantitative estimate of drug-likeness (QED) is 0.628. The molecule has 5 heteroatoms. The molecule has 0 fully saturated rings. The van der Waals surface area contributed by atoms with Crippen LogP contribution in [0.15, 0.2) is 56.6 Å². The maximum absolute atomic E-state index is 5.68. The highest BCUT2D eigenvalue weighted by atomic mass is 79.9. The molecule has 0 aliphatic carbocycles. The zero-order valence-corrected chi connectivity index (χ0v) is 13.2. The Morgan fingerprint density at radius 3 is 2.85 bits per heavy atom. The lowest BCUT2D eigenvalue weighted by Gasteiger charge is -2.05. The second-order valence-electron chi connectivity index (χ2n) is 4.21. The van der Waals surface area contributed by atoms with Crippen LogP contribution in [0.5, 0.6) is 5.75 Å². The molecule has 102 valence electrons. The summed E-state index contributed by atoms with van der Waals surface area (Å²) in [5.74, 6) is 1.63. The predicted molar refractivity (Wildman–Crippen MR) is 84.3 cm³/mol. The zero-order chi connectivity index (χ0) is 13.9. The second kappa shape index (κ2) is 5.89. The van der Waals surface area contributed by atoms with Crippen molar-refractivity contribution in [2.75, 3.05) is 7.11 Å². The molecule has 0 spiro atoms. The molecule has 0 aliphatic rings. The van der Waals surface area contributed by atoms with Crippen molar-refractivity contribution >= 4 is 38.8 Å². The molecule has 0 aliphatic heterocycles. The number of fused-ring (bicyclic) bond motifs is 1. The Hall–Kier alpha value is -1.46. The number of para-hydroxylation sites is 2. The minimum Gasteiger partial charge on any atom is -0.496 e. The first-order valence-corrected chi connectivity index (χ1v) is 7.85. The fourth-order valence-electron chi connectivity index (χ4n) is 1.86. The van der Waals surface area contributed by atoms with E-state index in [0.29, 0.717) is 5.22 Å². The number of aromatic nitrogens is 1. The minimum absolute atomic E-state index is 0.693. The molecule has 0 N–H and O–H groups in total. The number of hydrogen-bond donors (Lipinski definition) is 0. The predicted octanol–water partition coefficient (Wildman–Crippen LogP) is 4.89. The normalized spacial score (nSPS) is 10.9. The van der Waals surface area contributed by atoms with Crippen molar-refractivity contribution in [3.63, 3.8) is 0 Å². The summed E-state index contributed by atoms with van der Waals surface area (Å²) in [6, 6.07) is 13.8. The summed E-state index contributed by atoms with van der Waals surface area (Å²) in [4.78, 5) is 4.44. The van der Waals surface area contributed by atoms with Crippen molar-refractivity contribution in [1.29, 1.82) is 0 Å². The smallest absolute Gasteiger partial charge is 0.257 e. The van der Waals surface area contributed by atoms with Gasteiger partial charge in [-0.25, -0.2) is 4.98 Å². The Bertz CT molecular complexity index is 709. The van der Waals surface area contributed by atoms with Gasteiger partial charge in [-0.1, -0.05) is 30.0 Å². The summed E-state index contributed by atoms with van der Waals surface area (Å²) < 4.78 is 11.9. The lowest BCUT2D eigenvalue weighted by Crippen LogP contribution is -1.86. The van der Waals surface area contributed by atoms with Gasteiger partial charge in [0.05, 0.1) is 11.6 Å². The number of halogens is 1. The third-order valence-corrected chi connectivity index (χ3v) is 4.37. The second-order valence-corrected chi connectivity index (χ2v) is 5.99. The maximum Gasteiger partial charge on any atom is 0.257 e. The highest BCUT2D eigenvalue weighted by Gasteiger charge is 2.07. The molecule has 3 nitrogen and oxygen atoms in total. The first-order chi connectivity index (χ1) is 9.76. The molecular weight excluding hydrogens is 338 g/mol. The summed E-state index contributed by atoms with van der Waals surface area (Å²) in [6.45, 7) is 0. The average molecular weight is 350 g/mol. The van der Waals surface area contributed by atoms with Gasteiger partial charge in [0.15, 0.2) is 5.58 Å². The van der Waals surface area contributed by atoms with Crippen LogP contribution in [0.2, 0.25) is 0 Å². The molecule has 3 aromatic rings. The highest BCUT2D eigenvalue weighted by molar-refractivity contribution is 9.10. The largest absolute Gasteiger partial charge is 0.496 e. The molecule has 1 heterocycles. The topological polar surface area (TPSA) is 35.3 Å². The Balaban J connectivity index is 1.74. The van der Waals surface area contributed by atoms with Gasteiger partial charge in [-0.15, -0.1) is 0 Å². The van der Waals surface area contributed by atoms with Crippen molar-refractivity contribution < 1.29 is 9.15 Å². The number of ether oxygens (including phenoxy) is 1. The van der Waals surface area contributed by atoms with Gasteiger partial charge in [0.2, 0.25) is 0 Å². The van der Waals surface area contributed by atoms with Gasteiger partial charge in [0.1, 0.15) is 11.3 Å². The summed E-state index contributed by atoms with van der Waals surface area (Å²) in [5.41, 5.74) is 2.90. The van der Waals surface area contributed by atoms with Gasteiger partial charge in [-0.2, -0.15) is 0 Å². The van der Waals surface area contributed by atoms with E-state index in [1.165, 1.54) is 5.56 Å². The molecule has 20 heavy (non-hydrogen) atoms. The van der Waals surface area contributed by atoms with Crippen LogP contribution in [0.1, 0.15) is 5.56 Å². The Morgan fingerprint density at radius 1 is 1.25 bits per heavy atom. The standard InChI is InChI=1S/C15H12BrNO2S/c1-18-13-7-6-10(8-11(13)16)9-20-15-17-12-4-2-3-5-14(12)19-15/h2-8H,9H2,1H3. The van der Waals surface area contributed by atoms with E-state index in [1.54, 1.807) is 18.9 Å². The molecule has 0 bridgehead atoms. The van der Waals surface area contributed by atoms with E-state index in [9.17, 15) is 0 Å². The molecule has 2 aromatic carbocycles. The van der Waals surface area contributed by atoms with Gasteiger partial charge in [-0.3, -0.25) is 0 Å². The molecule has 0 amide bonds. The number of hydrogen-bond acceptors (Lipinski definition) is 4. The number of benzene rings is 2. The van der Waals surface area contributed by atoms with Crippen LogP contribution in [-0.4, -0.2) is 12.1 Å². The number of methoxy groups -OCH3 is 1. The molecule has 0 atom stereocenters. The van der Waals surface area contributed by atoms with E-state index in [0.717, 1.165) is 27.1 Å². The van der Waals surface area contributed by atoms with Gasteiger partial charge < -0.3 is 9.15 Å². The highest BCUT2D eigenvalue weighted by Crippen LogP contribution is 2.30. The van der Waals surface area contributed by atoms with Crippen molar-refractivity contribution in [3.8, 4) is 5.75 Å². The number of nitrogens with zero attached hydrogens (tertiary/aromatic N) is 1. The lowest BCUT2D eigenvalue weighted by molar-refractivity contribution is 0.412. The number of oxazole rings is 1. The maximum atomic E-state index is 5.68. The molecule has 0 saturated carbocycles. The van der Waals surface area contributed by atoms with E-state index in [1.807, 2.05) is 36.4 Å². The Morgan fingerprint density at radius 2 is 2.10 bits per heavy atom. The molecule has 1 aromatic heterocycles. The van der Waals surface area contributed by atoms with E-state index in [2.05, 4.69) is 27.0 Å². The minimum atomic E-state index is 0.693.